The van der Waals surface area contributed by atoms with Gasteiger partial charge in [-0.05, 0) is 69.5 Å². The minimum absolute atomic E-state index is 0.0336. The number of hydrogen-bond acceptors (Lipinski definition) is 0. The summed E-state index contributed by atoms with van der Waals surface area (Å²) in [6, 6.07) is 34.1. The van der Waals surface area contributed by atoms with Crippen LogP contribution in [0.15, 0.2) is 95.5 Å². The number of fused-ring (bicyclic) bond motifs is 3. The maximum absolute atomic E-state index is 3.86. The lowest BCUT2D eigenvalue weighted by Gasteiger charge is -2.35. The third-order valence-corrected chi connectivity index (χ3v) is 9.03. The molecule has 0 nitrogen and oxygen atoms in total. The Balaban J connectivity index is 1.79. The first-order valence-electron chi connectivity index (χ1n) is 14.8. The van der Waals surface area contributed by atoms with E-state index < -0.39 is 0 Å². The second-order valence-corrected chi connectivity index (χ2v) is 12.0. The van der Waals surface area contributed by atoms with Crippen molar-refractivity contribution in [3.8, 4) is 33.4 Å². The van der Waals surface area contributed by atoms with Gasteiger partial charge in [0.25, 0.3) is 0 Å². The highest BCUT2D eigenvalue weighted by atomic mass is 79.9. The number of rotatable bonds is 12. The Hall–Kier alpha value is -2.64. The highest BCUT2D eigenvalue weighted by Gasteiger charge is 2.44. The van der Waals surface area contributed by atoms with E-state index in [-0.39, 0.29) is 5.41 Å². The Morgan fingerprint density at radius 2 is 1.11 bits per heavy atom. The Bertz CT molecular complexity index is 1320. The van der Waals surface area contributed by atoms with Crippen LogP contribution in [0.1, 0.15) is 89.2 Å². The van der Waals surface area contributed by atoms with Gasteiger partial charge < -0.3 is 0 Å². The van der Waals surface area contributed by atoms with Gasteiger partial charge in [0.05, 0.1) is 0 Å². The fourth-order valence-electron chi connectivity index (χ4n) is 6.72. The van der Waals surface area contributed by atoms with Crippen molar-refractivity contribution < 1.29 is 0 Å². The molecular weight excluding hydrogens is 524 g/mol. The molecule has 0 bridgehead atoms. The molecule has 0 atom stereocenters. The lowest BCUT2D eigenvalue weighted by atomic mass is 9.68. The van der Waals surface area contributed by atoms with Gasteiger partial charge in [-0.2, -0.15) is 0 Å². The minimum Gasteiger partial charge on any atom is -0.0654 e. The van der Waals surface area contributed by atoms with Crippen molar-refractivity contribution in [2.24, 2.45) is 0 Å². The molecular formula is C37H41Br. The Labute approximate surface area is 238 Å². The maximum atomic E-state index is 3.86. The van der Waals surface area contributed by atoms with E-state index >= 15 is 0 Å². The molecule has 4 aromatic rings. The van der Waals surface area contributed by atoms with Crippen LogP contribution in [0.25, 0.3) is 33.4 Å². The van der Waals surface area contributed by atoms with Crippen LogP contribution in [0.3, 0.4) is 0 Å². The lowest BCUT2D eigenvalue weighted by Crippen LogP contribution is -2.26. The van der Waals surface area contributed by atoms with Gasteiger partial charge in [0, 0.05) is 9.89 Å². The van der Waals surface area contributed by atoms with E-state index in [4.69, 9.17) is 0 Å². The summed E-state index contributed by atoms with van der Waals surface area (Å²) in [5.41, 5.74) is 11.5. The van der Waals surface area contributed by atoms with Crippen LogP contribution in [0.2, 0.25) is 0 Å². The van der Waals surface area contributed by atoms with Crippen molar-refractivity contribution in [3.05, 3.63) is 107 Å². The minimum atomic E-state index is 0.0336. The van der Waals surface area contributed by atoms with Gasteiger partial charge in [0.15, 0.2) is 0 Å². The first kappa shape index (κ1) is 26.9. The molecule has 4 aromatic carbocycles. The quantitative estimate of drug-likeness (QED) is 0.150. The predicted octanol–water partition coefficient (Wildman–Crippen LogP) is 12.0. The Kier molecular flexibility index (Phi) is 8.85. The summed E-state index contributed by atoms with van der Waals surface area (Å²) in [5, 5.41) is 0. The maximum Gasteiger partial charge on any atom is 0.0222 e. The predicted molar refractivity (Wildman–Crippen MR) is 169 cm³/mol. The summed E-state index contributed by atoms with van der Waals surface area (Å²) in [6.07, 6.45) is 12.8. The van der Waals surface area contributed by atoms with Gasteiger partial charge in [0.2, 0.25) is 0 Å². The molecule has 0 radical (unpaired) electrons. The third-order valence-electron chi connectivity index (χ3n) is 8.53. The highest BCUT2D eigenvalue weighted by Crippen LogP contribution is 2.59. The summed E-state index contributed by atoms with van der Waals surface area (Å²) in [6.45, 7) is 4.63. The smallest absolute Gasteiger partial charge is 0.0222 e. The largest absolute Gasteiger partial charge is 0.0654 e. The Morgan fingerprint density at radius 3 is 1.71 bits per heavy atom. The number of halogens is 1. The van der Waals surface area contributed by atoms with Crippen LogP contribution in [0, 0.1) is 0 Å². The topological polar surface area (TPSA) is 0 Å². The highest BCUT2D eigenvalue weighted by molar-refractivity contribution is 9.10. The van der Waals surface area contributed by atoms with Crippen molar-refractivity contribution in [2.75, 3.05) is 0 Å². The molecule has 0 spiro atoms. The lowest BCUT2D eigenvalue weighted by molar-refractivity contribution is 0.401. The van der Waals surface area contributed by atoms with Crippen molar-refractivity contribution >= 4 is 15.9 Å². The SMILES string of the molecule is CCCCCCC1(CCCCCC)c2cc(Br)ccc2-c2ccc(-c3ccccc3)c(-c3ccccc3)c21. The molecule has 38 heavy (non-hydrogen) atoms. The van der Waals surface area contributed by atoms with Gasteiger partial charge in [-0.1, -0.05) is 160 Å². The van der Waals surface area contributed by atoms with Crippen LogP contribution < -0.4 is 0 Å². The van der Waals surface area contributed by atoms with E-state index in [0.717, 1.165) is 0 Å². The second-order valence-electron chi connectivity index (χ2n) is 11.0. The molecule has 0 aliphatic heterocycles. The first-order valence-corrected chi connectivity index (χ1v) is 15.6. The van der Waals surface area contributed by atoms with E-state index in [1.807, 2.05) is 0 Å². The molecule has 0 unspecified atom stereocenters. The number of unbranched alkanes of at least 4 members (excludes halogenated alkanes) is 6. The van der Waals surface area contributed by atoms with Crippen molar-refractivity contribution in [2.45, 2.75) is 83.5 Å². The number of hydrogen-bond donors (Lipinski definition) is 0. The average Bonchev–Trinajstić information content (AvgIpc) is 3.23. The molecule has 1 aliphatic carbocycles. The zero-order valence-corrected chi connectivity index (χ0v) is 24.7. The molecule has 0 heterocycles. The molecule has 0 saturated heterocycles. The summed E-state index contributed by atoms with van der Waals surface area (Å²) in [4.78, 5) is 0. The van der Waals surface area contributed by atoms with Crippen molar-refractivity contribution in [3.63, 3.8) is 0 Å². The molecule has 0 aromatic heterocycles. The summed E-state index contributed by atoms with van der Waals surface area (Å²) in [5.74, 6) is 0. The van der Waals surface area contributed by atoms with Gasteiger partial charge in [-0.15, -0.1) is 0 Å². The van der Waals surface area contributed by atoms with E-state index in [9.17, 15) is 0 Å². The molecule has 1 aliphatic rings. The fourth-order valence-corrected chi connectivity index (χ4v) is 7.08. The van der Waals surface area contributed by atoms with Crippen LogP contribution in [-0.4, -0.2) is 0 Å². The van der Waals surface area contributed by atoms with Gasteiger partial charge in [0.1, 0.15) is 0 Å². The fraction of sp³-hybridized carbons (Fsp3) is 0.351. The summed E-state index contributed by atoms with van der Waals surface area (Å²) in [7, 11) is 0. The molecule has 0 amide bonds. The zero-order valence-electron chi connectivity index (χ0n) is 23.1. The summed E-state index contributed by atoms with van der Waals surface area (Å²) >= 11 is 3.86. The Morgan fingerprint density at radius 1 is 0.553 bits per heavy atom. The van der Waals surface area contributed by atoms with Crippen LogP contribution in [0.5, 0.6) is 0 Å². The van der Waals surface area contributed by atoms with Crippen LogP contribution in [-0.2, 0) is 5.41 Å². The standard InChI is InChI=1S/C37H41Br/c1-3-5-7-15-25-37(26-16-8-6-4-2)34-27-30(38)21-22-32(34)33-24-23-31(28-17-11-9-12-18-28)35(36(33)37)29-19-13-10-14-20-29/h9-14,17-24,27H,3-8,15-16,25-26H2,1-2H3. The number of benzene rings is 4. The first-order chi connectivity index (χ1) is 18.7. The van der Waals surface area contributed by atoms with Gasteiger partial charge >= 0.3 is 0 Å². The van der Waals surface area contributed by atoms with E-state index in [2.05, 4.69) is 121 Å². The van der Waals surface area contributed by atoms with E-state index in [0.29, 0.717) is 0 Å². The van der Waals surface area contributed by atoms with Gasteiger partial charge in [-0.3, -0.25) is 0 Å². The van der Waals surface area contributed by atoms with Crippen LogP contribution >= 0.6 is 15.9 Å². The second kappa shape index (κ2) is 12.5. The molecule has 0 N–H and O–H groups in total. The van der Waals surface area contributed by atoms with Crippen LogP contribution in [0.4, 0.5) is 0 Å². The van der Waals surface area contributed by atoms with Gasteiger partial charge in [-0.25, -0.2) is 0 Å². The monoisotopic (exact) mass is 564 g/mol. The van der Waals surface area contributed by atoms with E-state index in [1.165, 1.54) is 108 Å². The molecule has 1 heteroatoms. The molecule has 5 rings (SSSR count). The summed E-state index contributed by atoms with van der Waals surface area (Å²) < 4.78 is 1.19. The van der Waals surface area contributed by atoms with Crippen molar-refractivity contribution in [1.82, 2.24) is 0 Å². The molecule has 0 fully saturated rings. The average molecular weight is 566 g/mol. The van der Waals surface area contributed by atoms with Crippen molar-refractivity contribution in [1.29, 1.82) is 0 Å². The van der Waals surface area contributed by atoms with E-state index in [1.54, 1.807) is 5.56 Å². The molecule has 0 saturated carbocycles. The molecule has 196 valence electrons. The third kappa shape index (κ3) is 5.28. The normalized spacial score (nSPS) is 13.3. The zero-order chi connectivity index (χ0) is 26.4.